The summed E-state index contributed by atoms with van der Waals surface area (Å²) in [7, 11) is 0. The van der Waals surface area contributed by atoms with Crippen molar-refractivity contribution in [1.82, 2.24) is 19.7 Å². The number of benzene rings is 1. The number of nitrogens with one attached hydrogen (secondary N) is 1. The number of aromatic amines is 1. The van der Waals surface area contributed by atoms with Crippen LogP contribution in [0.5, 0.6) is 0 Å². The van der Waals surface area contributed by atoms with Gasteiger partial charge in [0.25, 0.3) is 5.56 Å². The van der Waals surface area contributed by atoms with Crippen LogP contribution >= 0.6 is 11.3 Å². The molecule has 0 bridgehead atoms. The number of nitrogens with zero attached hydrogens (tertiary/aromatic N) is 3. The number of H-pyrrole nitrogens is 1. The summed E-state index contributed by atoms with van der Waals surface area (Å²) in [6.07, 6.45) is 3.81. The van der Waals surface area contributed by atoms with E-state index < -0.39 is 0 Å². The van der Waals surface area contributed by atoms with E-state index in [0.717, 1.165) is 21.1 Å². The molecule has 4 aromatic rings. The molecule has 5 nitrogen and oxygen atoms in total. The highest BCUT2D eigenvalue weighted by atomic mass is 32.1. The molecule has 0 radical (unpaired) electrons. The van der Waals surface area contributed by atoms with Crippen LogP contribution in [0.3, 0.4) is 0 Å². The van der Waals surface area contributed by atoms with Gasteiger partial charge < -0.3 is 4.57 Å². The standard InChI is InChI=1S/C15H10N4OS/c20-14-12-13(21-15(16-12)19-8-4-5-9-19)11(17-18-14)10-6-2-1-3-7-10/h1-9H,(H,18,20). The first kappa shape index (κ1) is 12.0. The van der Waals surface area contributed by atoms with E-state index in [1.54, 1.807) is 0 Å². The normalized spacial score (nSPS) is 11.0. The Morgan fingerprint density at radius 3 is 2.57 bits per heavy atom. The van der Waals surface area contributed by atoms with Crippen LogP contribution in [0.15, 0.2) is 59.7 Å². The van der Waals surface area contributed by atoms with Crippen LogP contribution in [0.25, 0.3) is 26.6 Å². The van der Waals surface area contributed by atoms with E-state index in [1.165, 1.54) is 11.3 Å². The first-order valence-electron chi connectivity index (χ1n) is 6.41. The van der Waals surface area contributed by atoms with Crippen molar-refractivity contribution in [2.45, 2.75) is 0 Å². The lowest BCUT2D eigenvalue weighted by atomic mass is 10.1. The van der Waals surface area contributed by atoms with Crippen molar-refractivity contribution < 1.29 is 0 Å². The van der Waals surface area contributed by atoms with Gasteiger partial charge in [0, 0.05) is 18.0 Å². The molecule has 0 saturated heterocycles. The zero-order valence-corrected chi connectivity index (χ0v) is 11.7. The predicted octanol–water partition coefficient (Wildman–Crippen LogP) is 2.84. The molecule has 3 heterocycles. The summed E-state index contributed by atoms with van der Waals surface area (Å²) in [6.45, 7) is 0. The van der Waals surface area contributed by atoms with Crippen molar-refractivity contribution in [3.8, 4) is 16.4 Å². The molecule has 0 aliphatic carbocycles. The van der Waals surface area contributed by atoms with Crippen LogP contribution in [0.1, 0.15) is 0 Å². The smallest absolute Gasteiger partial charge is 0.291 e. The Hall–Kier alpha value is -2.73. The van der Waals surface area contributed by atoms with E-state index >= 15 is 0 Å². The van der Waals surface area contributed by atoms with E-state index in [0.29, 0.717) is 5.52 Å². The lowest BCUT2D eigenvalue weighted by Gasteiger charge is -1.99. The molecule has 0 atom stereocenters. The first-order chi connectivity index (χ1) is 10.3. The van der Waals surface area contributed by atoms with Crippen LogP contribution in [0, 0.1) is 0 Å². The SMILES string of the molecule is O=c1[nH]nc(-c2ccccc2)c2sc(-n3cccc3)nc12. The highest BCUT2D eigenvalue weighted by molar-refractivity contribution is 7.21. The van der Waals surface area contributed by atoms with Gasteiger partial charge in [0.15, 0.2) is 10.6 Å². The summed E-state index contributed by atoms with van der Waals surface area (Å²) in [6, 6.07) is 13.6. The fraction of sp³-hybridized carbons (Fsp3) is 0. The zero-order valence-electron chi connectivity index (χ0n) is 10.9. The van der Waals surface area contributed by atoms with E-state index in [1.807, 2.05) is 59.4 Å². The third kappa shape index (κ3) is 1.96. The van der Waals surface area contributed by atoms with Gasteiger partial charge in [-0.05, 0) is 12.1 Å². The van der Waals surface area contributed by atoms with Gasteiger partial charge in [-0.15, -0.1) is 0 Å². The second kappa shape index (κ2) is 4.68. The maximum absolute atomic E-state index is 12.0. The Labute approximate surface area is 123 Å². The molecular weight excluding hydrogens is 284 g/mol. The molecule has 21 heavy (non-hydrogen) atoms. The number of thiazole rings is 1. The number of fused-ring (bicyclic) bond motifs is 1. The summed E-state index contributed by atoms with van der Waals surface area (Å²) in [4.78, 5) is 16.4. The minimum absolute atomic E-state index is 0.265. The van der Waals surface area contributed by atoms with Gasteiger partial charge in [-0.25, -0.2) is 10.1 Å². The summed E-state index contributed by atoms with van der Waals surface area (Å²) < 4.78 is 2.69. The number of hydrogen-bond acceptors (Lipinski definition) is 4. The van der Waals surface area contributed by atoms with Gasteiger partial charge in [0.2, 0.25) is 0 Å². The predicted molar refractivity (Wildman–Crippen MR) is 82.8 cm³/mol. The first-order valence-corrected chi connectivity index (χ1v) is 7.22. The minimum Gasteiger partial charge on any atom is -0.300 e. The average molecular weight is 294 g/mol. The molecule has 0 aliphatic heterocycles. The van der Waals surface area contributed by atoms with Gasteiger partial charge in [-0.3, -0.25) is 4.79 Å². The van der Waals surface area contributed by atoms with Crippen molar-refractivity contribution in [2.75, 3.05) is 0 Å². The Morgan fingerprint density at radius 2 is 1.81 bits per heavy atom. The van der Waals surface area contributed by atoms with Gasteiger partial charge >= 0.3 is 0 Å². The van der Waals surface area contributed by atoms with Crippen LogP contribution < -0.4 is 5.56 Å². The Morgan fingerprint density at radius 1 is 1.05 bits per heavy atom. The molecule has 102 valence electrons. The molecular formula is C15H10N4OS. The van der Waals surface area contributed by atoms with Crippen LogP contribution in [0.4, 0.5) is 0 Å². The van der Waals surface area contributed by atoms with E-state index in [2.05, 4.69) is 15.2 Å². The Balaban J connectivity index is 2.01. The maximum atomic E-state index is 12.0. The summed E-state index contributed by atoms with van der Waals surface area (Å²) in [5.41, 5.74) is 1.87. The highest BCUT2D eigenvalue weighted by Gasteiger charge is 2.14. The van der Waals surface area contributed by atoms with Crippen LogP contribution in [-0.2, 0) is 0 Å². The van der Waals surface area contributed by atoms with Crippen molar-refractivity contribution in [3.05, 3.63) is 65.2 Å². The van der Waals surface area contributed by atoms with Gasteiger partial charge in [0.1, 0.15) is 5.69 Å². The largest absolute Gasteiger partial charge is 0.300 e. The molecule has 0 fully saturated rings. The molecule has 0 saturated carbocycles. The number of hydrogen-bond donors (Lipinski definition) is 1. The highest BCUT2D eigenvalue weighted by Crippen LogP contribution is 2.30. The molecule has 0 unspecified atom stereocenters. The molecule has 0 aliphatic rings. The lowest BCUT2D eigenvalue weighted by Crippen LogP contribution is -2.09. The van der Waals surface area contributed by atoms with E-state index in [9.17, 15) is 4.79 Å². The fourth-order valence-corrected chi connectivity index (χ4v) is 3.24. The number of rotatable bonds is 2. The summed E-state index contributed by atoms with van der Waals surface area (Å²) >= 11 is 1.46. The molecule has 0 spiro atoms. The Kier molecular flexibility index (Phi) is 2.68. The van der Waals surface area contributed by atoms with Crippen LogP contribution in [-0.4, -0.2) is 19.7 Å². The summed E-state index contributed by atoms with van der Waals surface area (Å²) in [5.74, 6) is 0. The molecule has 1 aromatic carbocycles. The Bertz CT molecular complexity index is 954. The van der Waals surface area contributed by atoms with Gasteiger partial charge in [-0.2, -0.15) is 5.10 Å². The lowest BCUT2D eigenvalue weighted by molar-refractivity contribution is 1.01. The minimum atomic E-state index is -0.265. The molecule has 1 N–H and O–H groups in total. The van der Waals surface area contributed by atoms with Crippen molar-refractivity contribution in [1.29, 1.82) is 0 Å². The van der Waals surface area contributed by atoms with E-state index in [4.69, 9.17) is 0 Å². The van der Waals surface area contributed by atoms with Gasteiger partial charge in [-0.1, -0.05) is 41.7 Å². The molecule has 4 rings (SSSR count). The number of aromatic nitrogens is 4. The van der Waals surface area contributed by atoms with Crippen LogP contribution in [0.2, 0.25) is 0 Å². The molecule has 6 heteroatoms. The fourth-order valence-electron chi connectivity index (χ4n) is 2.20. The monoisotopic (exact) mass is 294 g/mol. The van der Waals surface area contributed by atoms with E-state index in [-0.39, 0.29) is 5.56 Å². The summed E-state index contributed by atoms with van der Waals surface area (Å²) in [5, 5.41) is 7.48. The van der Waals surface area contributed by atoms with Crippen molar-refractivity contribution >= 4 is 21.6 Å². The zero-order chi connectivity index (χ0) is 14.2. The molecule has 3 aromatic heterocycles. The van der Waals surface area contributed by atoms with Crippen molar-refractivity contribution in [3.63, 3.8) is 0 Å². The molecule has 0 amide bonds. The maximum Gasteiger partial charge on any atom is 0.291 e. The quantitative estimate of drug-likeness (QED) is 0.618. The van der Waals surface area contributed by atoms with Crippen molar-refractivity contribution in [2.24, 2.45) is 0 Å². The average Bonchev–Trinajstić information content (AvgIpc) is 3.18. The van der Waals surface area contributed by atoms with Gasteiger partial charge in [0.05, 0.1) is 4.70 Å². The second-order valence-corrected chi connectivity index (χ2v) is 5.51. The topological polar surface area (TPSA) is 63.6 Å². The third-order valence-corrected chi connectivity index (χ3v) is 4.26. The second-order valence-electron chi connectivity index (χ2n) is 4.53. The third-order valence-electron chi connectivity index (χ3n) is 3.19.